The third-order valence-electron chi connectivity index (χ3n) is 17.9. The zero-order valence-electron chi connectivity index (χ0n) is 64.3. The third kappa shape index (κ3) is 23.8. The average Bonchev–Trinajstić information content (AvgIpc) is 1.65. The smallest absolute Gasteiger partial charge is 0.326 e. The van der Waals surface area contributed by atoms with Crippen LogP contribution in [-0.2, 0) is 17.6 Å². The summed E-state index contributed by atoms with van der Waals surface area (Å²) in [4.78, 5) is 103. The lowest BCUT2D eigenvalue weighted by Crippen LogP contribution is -2.34. The number of urea groups is 1. The number of para-hydroxylation sites is 1. The van der Waals surface area contributed by atoms with E-state index in [1.165, 1.54) is 35.6 Å². The number of hydrogen-bond donors (Lipinski definition) is 7. The summed E-state index contributed by atoms with van der Waals surface area (Å²) < 4.78 is 35.9. The fourth-order valence-electron chi connectivity index (χ4n) is 11.7. The predicted molar refractivity (Wildman–Crippen MR) is 457 cm³/mol. The van der Waals surface area contributed by atoms with Gasteiger partial charge in [0.1, 0.15) is 28.6 Å². The van der Waals surface area contributed by atoms with Crippen molar-refractivity contribution in [2.75, 3.05) is 38.5 Å². The van der Waals surface area contributed by atoms with Crippen molar-refractivity contribution >= 4 is 92.5 Å². The number of carbonyl (C=O) groups is 8. The van der Waals surface area contributed by atoms with Gasteiger partial charge in [0.2, 0.25) is 5.89 Å². The number of benzene rings is 13. The first kappa shape index (κ1) is 81.6. The molecule has 7 N–H and O–H groups in total. The number of rotatable bonds is 22. The number of hydrogen-bond acceptors (Lipinski definition) is 13. The predicted octanol–water partition coefficient (Wildman–Crippen LogP) is 21.3. The fourth-order valence-corrected chi connectivity index (χ4v) is 11.7. The van der Waals surface area contributed by atoms with E-state index < -0.39 is 23.7 Å². The van der Waals surface area contributed by atoms with E-state index in [2.05, 4.69) is 49.1 Å². The molecule has 0 aliphatic heterocycles. The zero-order chi connectivity index (χ0) is 82.5. The Labute approximate surface area is 679 Å². The molecule has 0 aliphatic carbocycles. The monoisotopic (exact) mass is 1570 g/mol. The molecular formula is C97H79FN8O12. The molecule has 0 saturated carbocycles. The maximum atomic E-state index is 13.7. The van der Waals surface area contributed by atoms with E-state index in [-0.39, 0.29) is 53.8 Å². The number of ketones is 1. The molecule has 2 aromatic heterocycles. The van der Waals surface area contributed by atoms with Gasteiger partial charge in [0.15, 0.2) is 23.7 Å². The van der Waals surface area contributed by atoms with E-state index in [4.69, 9.17) is 18.3 Å². The molecule has 0 saturated heterocycles. The number of amides is 8. The molecule has 0 spiro atoms. The van der Waals surface area contributed by atoms with E-state index in [9.17, 15) is 42.7 Å². The maximum absolute atomic E-state index is 13.7. The third-order valence-corrected chi connectivity index (χ3v) is 17.9. The van der Waals surface area contributed by atoms with E-state index >= 15 is 0 Å². The number of aromatic nitrogens is 1. The lowest BCUT2D eigenvalue weighted by Gasteiger charge is -2.10. The Hall–Kier alpha value is -15.9. The van der Waals surface area contributed by atoms with E-state index in [0.29, 0.717) is 68.0 Å². The SMILES string of the molecule is CCc1ccc2oc(-c3cccc(NC(=O)COc4ccccc4)c3)nc2c1.Cc1ccc(Oc2ccc(CC(=O)c3ccc(NC(=O)c4ccco4)cc3)cc2)cc1.Cc1ccccc1C(=O)Nc1cccc(NC(=O)c2ccccc2F)c1.O=C(NC(=O)c1ccc(-c2ccccc2)cc1)Nc1cccc(NC(=O)c2ccccc2)c1. The molecule has 21 heteroatoms. The number of fused-ring (bicyclic) bond motifs is 1. The Bertz CT molecular complexity index is 5900. The first-order valence-electron chi connectivity index (χ1n) is 37.5. The molecule has 0 aliphatic rings. The van der Waals surface area contributed by atoms with Crippen LogP contribution in [0, 0.1) is 19.7 Å². The van der Waals surface area contributed by atoms with Crippen molar-refractivity contribution in [1.29, 1.82) is 0 Å². The Morgan fingerprint density at radius 1 is 0.390 bits per heavy atom. The number of aryl methyl sites for hydroxylation is 3. The Morgan fingerprint density at radius 2 is 0.907 bits per heavy atom. The second-order valence-electron chi connectivity index (χ2n) is 26.6. The van der Waals surface area contributed by atoms with Crippen LogP contribution in [-0.4, -0.2) is 58.8 Å². The molecule has 0 bridgehead atoms. The van der Waals surface area contributed by atoms with Crippen LogP contribution in [0.5, 0.6) is 17.2 Å². The van der Waals surface area contributed by atoms with E-state index in [0.717, 1.165) is 56.8 Å². The highest BCUT2D eigenvalue weighted by Crippen LogP contribution is 2.29. The van der Waals surface area contributed by atoms with Gasteiger partial charge in [-0.25, -0.2) is 14.2 Å². The molecule has 586 valence electrons. The fraction of sp³-hybridized carbons (Fsp3) is 0.0619. The summed E-state index contributed by atoms with van der Waals surface area (Å²) in [5.74, 6) is 0.191. The van der Waals surface area contributed by atoms with Gasteiger partial charge in [0.05, 0.1) is 11.8 Å². The molecule has 0 atom stereocenters. The van der Waals surface area contributed by atoms with Gasteiger partial charge in [-0.05, 0) is 230 Å². The van der Waals surface area contributed by atoms with Crippen molar-refractivity contribution in [2.45, 2.75) is 33.6 Å². The summed E-state index contributed by atoms with van der Waals surface area (Å²) in [5, 5.41) is 18.7. The summed E-state index contributed by atoms with van der Waals surface area (Å²) >= 11 is 0. The number of imide groups is 1. The van der Waals surface area contributed by atoms with Crippen molar-refractivity contribution < 1.29 is 61.1 Å². The van der Waals surface area contributed by atoms with Crippen LogP contribution in [0.25, 0.3) is 33.7 Å². The minimum atomic E-state index is -0.668. The molecule has 118 heavy (non-hydrogen) atoms. The van der Waals surface area contributed by atoms with Crippen LogP contribution in [0.3, 0.4) is 0 Å². The number of Topliss-reactive ketones (excluding diaryl/α,β-unsaturated/α-hetero) is 1. The summed E-state index contributed by atoms with van der Waals surface area (Å²) in [6.07, 6.45) is 2.67. The van der Waals surface area contributed by atoms with Crippen molar-refractivity contribution in [3.05, 3.63) is 408 Å². The minimum absolute atomic E-state index is 0.00360. The molecule has 8 amide bonds. The second-order valence-corrected chi connectivity index (χ2v) is 26.6. The summed E-state index contributed by atoms with van der Waals surface area (Å²) in [6.45, 7) is 5.94. The molecule has 0 unspecified atom stereocenters. The van der Waals surface area contributed by atoms with E-state index in [1.54, 1.807) is 140 Å². The number of ether oxygens (including phenoxy) is 2. The standard InChI is InChI=1S/C27H21N3O3.C26H21NO4.C23H20N2O3.C21H17FN2O2/c31-25(21-10-5-2-6-11-21)28-23-12-7-13-24(18-23)29-27(33)30-26(32)22-16-14-20(15-17-22)19-8-3-1-4-9-19;1-18-4-12-22(13-5-18)31-23-14-6-19(7-15-23)17-24(28)20-8-10-21(11-9-20)27-26(29)25-3-2-16-30-25;1-2-16-11-12-21-20(13-16)25-23(28-21)17-7-6-8-18(14-17)24-22(26)15-27-19-9-4-3-5-10-19;1-14-7-2-3-10-17(14)20(25)23-15-8-6-9-16(13-15)24-21(26)18-11-4-5-12-19(18)22/h1-18H,(H,28,31)(H2,29,30,32,33);2-16H,17H2,1H3,(H,27,29);3-14H,2,15H2,1H3,(H,24,26);2-13H,1H3,(H,23,25)(H,24,26). The molecule has 2 heterocycles. The lowest BCUT2D eigenvalue weighted by atomic mass is 10.0. The molecule has 20 nitrogen and oxygen atoms in total. The van der Waals surface area contributed by atoms with Gasteiger partial charge in [-0.15, -0.1) is 0 Å². The van der Waals surface area contributed by atoms with Gasteiger partial charge in [-0.2, -0.15) is 0 Å². The molecular weight excluding hydrogens is 1490 g/mol. The number of carbonyl (C=O) groups excluding carboxylic acids is 8. The molecule has 15 aromatic rings. The van der Waals surface area contributed by atoms with Crippen molar-refractivity contribution in [2.24, 2.45) is 0 Å². The first-order valence-corrected chi connectivity index (χ1v) is 37.5. The number of nitrogens with one attached hydrogen (secondary N) is 7. The van der Waals surface area contributed by atoms with Crippen LogP contribution in [0.15, 0.2) is 355 Å². The van der Waals surface area contributed by atoms with Gasteiger partial charge in [-0.1, -0.05) is 170 Å². The number of anilines is 6. The van der Waals surface area contributed by atoms with Crippen LogP contribution >= 0.6 is 0 Å². The van der Waals surface area contributed by atoms with Gasteiger partial charge in [-0.3, -0.25) is 38.9 Å². The van der Waals surface area contributed by atoms with Gasteiger partial charge >= 0.3 is 6.03 Å². The minimum Gasteiger partial charge on any atom is -0.484 e. The maximum Gasteiger partial charge on any atom is 0.326 e. The highest BCUT2D eigenvalue weighted by atomic mass is 19.1. The highest BCUT2D eigenvalue weighted by molar-refractivity contribution is 6.10. The van der Waals surface area contributed by atoms with Crippen molar-refractivity contribution in [3.8, 4) is 39.8 Å². The lowest BCUT2D eigenvalue weighted by molar-refractivity contribution is -0.118. The number of halogens is 1. The zero-order valence-corrected chi connectivity index (χ0v) is 64.3. The number of oxazole rings is 1. The largest absolute Gasteiger partial charge is 0.484 e. The molecule has 0 fully saturated rings. The molecule has 0 radical (unpaired) electrons. The van der Waals surface area contributed by atoms with Crippen LogP contribution in [0.4, 0.5) is 43.3 Å². The molecule has 13 aromatic carbocycles. The van der Waals surface area contributed by atoms with Crippen LogP contribution in [0.1, 0.15) is 91.5 Å². The van der Waals surface area contributed by atoms with Crippen molar-refractivity contribution in [1.82, 2.24) is 10.3 Å². The van der Waals surface area contributed by atoms with Crippen LogP contribution < -0.4 is 46.7 Å². The summed E-state index contributed by atoms with van der Waals surface area (Å²) in [5.41, 5.74) is 13.8. The number of furan rings is 1. The van der Waals surface area contributed by atoms with Gasteiger partial charge in [0.25, 0.3) is 35.4 Å². The normalized spacial score (nSPS) is 10.4. The quantitative estimate of drug-likeness (QED) is 0.0311. The van der Waals surface area contributed by atoms with Crippen LogP contribution in [0.2, 0.25) is 0 Å². The summed E-state index contributed by atoms with van der Waals surface area (Å²) in [6, 6.07) is 99.4. The Balaban J connectivity index is 0.000000145. The average molecular weight is 1570 g/mol. The topological polar surface area (TPSA) is 278 Å². The summed E-state index contributed by atoms with van der Waals surface area (Å²) in [7, 11) is 0. The van der Waals surface area contributed by atoms with Gasteiger partial charge < -0.3 is 50.2 Å². The Morgan fingerprint density at radius 3 is 1.53 bits per heavy atom. The second kappa shape index (κ2) is 40.5. The number of nitrogens with zero attached hydrogens (tertiary/aromatic N) is 1. The highest BCUT2D eigenvalue weighted by Gasteiger charge is 2.18. The van der Waals surface area contributed by atoms with Crippen molar-refractivity contribution in [3.63, 3.8) is 0 Å². The molecule has 15 rings (SSSR count). The van der Waals surface area contributed by atoms with Gasteiger partial charge in [0, 0.05) is 68.4 Å². The first-order chi connectivity index (χ1) is 57.4. The van der Waals surface area contributed by atoms with E-state index in [1.807, 2.05) is 196 Å². The Kier molecular flexibility index (Phi) is 28.0.